The van der Waals surface area contributed by atoms with E-state index >= 15 is 0 Å². The second-order valence-corrected chi connectivity index (χ2v) is 6.62. The number of carbonyl (C=O) groups excluding carboxylic acids is 1. The van der Waals surface area contributed by atoms with Gasteiger partial charge in [0.05, 0.1) is 4.90 Å². The highest BCUT2D eigenvalue weighted by Crippen LogP contribution is 2.10. The monoisotopic (exact) mass is 319 g/mol. The molecule has 7 heteroatoms. The molecule has 0 spiro atoms. The molecular weight excluding hydrogens is 302 g/mol. The van der Waals surface area contributed by atoms with Crippen LogP contribution in [0.3, 0.4) is 0 Å². The molecule has 0 radical (unpaired) electrons. The number of rotatable bonds is 4. The summed E-state index contributed by atoms with van der Waals surface area (Å²) < 4.78 is 26.3. The van der Waals surface area contributed by atoms with Gasteiger partial charge in [-0.15, -0.1) is 0 Å². The predicted molar refractivity (Wildman–Crippen MR) is 82.6 cm³/mol. The number of carbonyl (C=O) groups is 1. The van der Waals surface area contributed by atoms with E-state index in [0.717, 1.165) is 11.1 Å². The Labute approximate surface area is 129 Å². The number of amides is 2. The third-order valence-electron chi connectivity index (χ3n) is 3.07. The van der Waals surface area contributed by atoms with Gasteiger partial charge in [-0.05, 0) is 36.8 Å². The zero-order chi connectivity index (χ0) is 16.2. The minimum Gasteiger partial charge on any atom is -0.323 e. The summed E-state index contributed by atoms with van der Waals surface area (Å²) in [6.45, 7) is 2.15. The van der Waals surface area contributed by atoms with Gasteiger partial charge in [0.15, 0.2) is 0 Å². The van der Waals surface area contributed by atoms with Gasteiger partial charge < -0.3 is 4.90 Å². The Balaban J connectivity index is 2.05. The van der Waals surface area contributed by atoms with Crippen molar-refractivity contribution in [3.05, 3.63) is 59.9 Å². The topological polar surface area (TPSA) is 79.4 Å². The quantitative estimate of drug-likeness (QED) is 0.934. The molecule has 0 aliphatic heterocycles. The second kappa shape index (κ2) is 6.57. The standard InChI is InChI=1S/C15H17N3O3S/c1-12-3-5-14(6-4-12)22(20,21)17-15(19)18(2)11-13-7-9-16-10-8-13/h3-10H,11H2,1-2H3,(H,17,19). The van der Waals surface area contributed by atoms with Gasteiger partial charge in [-0.1, -0.05) is 17.7 Å². The van der Waals surface area contributed by atoms with E-state index in [1.165, 1.54) is 24.1 Å². The minimum atomic E-state index is -3.87. The number of aromatic nitrogens is 1. The molecule has 0 fully saturated rings. The van der Waals surface area contributed by atoms with E-state index in [9.17, 15) is 13.2 Å². The number of hydrogen-bond acceptors (Lipinski definition) is 4. The normalized spacial score (nSPS) is 11.0. The van der Waals surface area contributed by atoms with Gasteiger partial charge in [-0.25, -0.2) is 17.9 Å². The number of nitrogens with zero attached hydrogens (tertiary/aromatic N) is 2. The van der Waals surface area contributed by atoms with Crippen LogP contribution < -0.4 is 4.72 Å². The summed E-state index contributed by atoms with van der Waals surface area (Å²) >= 11 is 0. The number of benzene rings is 1. The van der Waals surface area contributed by atoms with Crippen molar-refractivity contribution < 1.29 is 13.2 Å². The van der Waals surface area contributed by atoms with Gasteiger partial charge in [-0.2, -0.15) is 0 Å². The molecule has 2 rings (SSSR count). The van der Waals surface area contributed by atoms with Gasteiger partial charge in [-0.3, -0.25) is 4.98 Å². The molecule has 0 saturated carbocycles. The Hall–Kier alpha value is -2.41. The molecule has 116 valence electrons. The minimum absolute atomic E-state index is 0.0590. The van der Waals surface area contributed by atoms with Crippen molar-refractivity contribution in [3.8, 4) is 0 Å². The smallest absolute Gasteiger partial charge is 0.323 e. The third-order valence-corrected chi connectivity index (χ3v) is 4.40. The lowest BCUT2D eigenvalue weighted by Crippen LogP contribution is -2.40. The molecular formula is C15H17N3O3S. The summed E-state index contributed by atoms with van der Waals surface area (Å²) in [5.41, 5.74) is 1.81. The zero-order valence-corrected chi connectivity index (χ0v) is 13.2. The van der Waals surface area contributed by atoms with Crippen molar-refractivity contribution in [1.29, 1.82) is 0 Å². The first-order valence-electron chi connectivity index (χ1n) is 6.62. The molecule has 0 aliphatic rings. The average Bonchev–Trinajstić information content (AvgIpc) is 2.48. The van der Waals surface area contributed by atoms with Crippen LogP contribution in [0.2, 0.25) is 0 Å². The summed E-state index contributed by atoms with van der Waals surface area (Å²) in [6, 6.07) is 9.13. The molecule has 0 atom stereocenters. The summed E-state index contributed by atoms with van der Waals surface area (Å²) in [6.07, 6.45) is 3.23. The van der Waals surface area contributed by atoms with Crippen LogP contribution in [0.1, 0.15) is 11.1 Å². The molecule has 6 nitrogen and oxygen atoms in total. The van der Waals surface area contributed by atoms with Crippen LogP contribution in [-0.4, -0.2) is 31.4 Å². The molecule has 0 aliphatic carbocycles. The Morgan fingerprint density at radius 2 is 1.73 bits per heavy atom. The van der Waals surface area contributed by atoms with Crippen LogP contribution in [0.15, 0.2) is 53.7 Å². The number of urea groups is 1. The second-order valence-electron chi connectivity index (χ2n) is 4.94. The fraction of sp³-hybridized carbons (Fsp3) is 0.200. The van der Waals surface area contributed by atoms with Crippen LogP contribution in [0.5, 0.6) is 0 Å². The maximum absolute atomic E-state index is 12.1. The van der Waals surface area contributed by atoms with E-state index in [1.54, 1.807) is 36.7 Å². The van der Waals surface area contributed by atoms with E-state index in [0.29, 0.717) is 0 Å². The molecule has 22 heavy (non-hydrogen) atoms. The van der Waals surface area contributed by atoms with E-state index in [2.05, 4.69) is 9.71 Å². The summed E-state index contributed by atoms with van der Waals surface area (Å²) in [5, 5.41) is 0. The zero-order valence-electron chi connectivity index (χ0n) is 12.4. The van der Waals surface area contributed by atoms with Crippen molar-refractivity contribution in [2.24, 2.45) is 0 Å². The Morgan fingerprint density at radius 3 is 2.32 bits per heavy atom. The van der Waals surface area contributed by atoms with Gasteiger partial charge in [0.25, 0.3) is 10.0 Å². The van der Waals surface area contributed by atoms with E-state index in [1.807, 2.05) is 6.92 Å². The molecule has 0 saturated heterocycles. The van der Waals surface area contributed by atoms with Crippen molar-refractivity contribution in [3.63, 3.8) is 0 Å². The maximum atomic E-state index is 12.1. The molecule has 2 amide bonds. The average molecular weight is 319 g/mol. The fourth-order valence-corrected chi connectivity index (χ4v) is 2.80. The lowest BCUT2D eigenvalue weighted by atomic mass is 10.2. The van der Waals surface area contributed by atoms with Crippen LogP contribution in [0.25, 0.3) is 0 Å². The van der Waals surface area contributed by atoms with E-state index < -0.39 is 16.1 Å². The summed E-state index contributed by atoms with van der Waals surface area (Å²) in [4.78, 5) is 17.3. The first kappa shape index (κ1) is 16.0. The molecule has 1 N–H and O–H groups in total. The molecule has 1 aromatic carbocycles. The van der Waals surface area contributed by atoms with Crippen LogP contribution in [-0.2, 0) is 16.6 Å². The molecule has 1 heterocycles. The fourth-order valence-electron chi connectivity index (χ4n) is 1.80. The maximum Gasteiger partial charge on any atom is 0.331 e. The van der Waals surface area contributed by atoms with Crippen molar-refractivity contribution >= 4 is 16.1 Å². The van der Waals surface area contributed by atoms with Gasteiger partial charge in [0.2, 0.25) is 0 Å². The summed E-state index contributed by atoms with van der Waals surface area (Å²) in [7, 11) is -2.34. The third kappa shape index (κ3) is 4.05. The summed E-state index contributed by atoms with van der Waals surface area (Å²) in [5.74, 6) is 0. The van der Waals surface area contributed by atoms with Gasteiger partial charge in [0.1, 0.15) is 0 Å². The first-order chi connectivity index (χ1) is 10.4. The Morgan fingerprint density at radius 1 is 1.14 bits per heavy atom. The molecule has 1 aromatic heterocycles. The van der Waals surface area contributed by atoms with Crippen molar-refractivity contribution in [2.45, 2.75) is 18.4 Å². The van der Waals surface area contributed by atoms with Crippen molar-refractivity contribution in [1.82, 2.24) is 14.6 Å². The van der Waals surface area contributed by atoms with Crippen molar-refractivity contribution in [2.75, 3.05) is 7.05 Å². The lowest BCUT2D eigenvalue weighted by molar-refractivity contribution is 0.213. The SMILES string of the molecule is Cc1ccc(S(=O)(=O)NC(=O)N(C)Cc2ccncc2)cc1. The first-order valence-corrected chi connectivity index (χ1v) is 8.10. The van der Waals surface area contributed by atoms with Gasteiger partial charge >= 0.3 is 6.03 Å². The lowest BCUT2D eigenvalue weighted by Gasteiger charge is -2.18. The van der Waals surface area contributed by atoms with Gasteiger partial charge in [0, 0.05) is 26.0 Å². The highest BCUT2D eigenvalue weighted by molar-refractivity contribution is 7.90. The number of hydrogen-bond donors (Lipinski definition) is 1. The van der Waals surface area contributed by atoms with Crippen LogP contribution in [0, 0.1) is 6.92 Å². The van der Waals surface area contributed by atoms with Crippen LogP contribution >= 0.6 is 0 Å². The highest BCUT2D eigenvalue weighted by Gasteiger charge is 2.19. The van der Waals surface area contributed by atoms with E-state index in [4.69, 9.17) is 0 Å². The molecule has 0 unspecified atom stereocenters. The Kier molecular flexibility index (Phi) is 4.77. The number of aryl methyl sites for hydroxylation is 1. The number of pyridine rings is 1. The molecule has 0 bridgehead atoms. The largest absolute Gasteiger partial charge is 0.331 e. The van der Waals surface area contributed by atoms with E-state index in [-0.39, 0.29) is 11.4 Å². The Bertz CT molecular complexity index is 743. The van der Waals surface area contributed by atoms with Crippen LogP contribution in [0.4, 0.5) is 4.79 Å². The predicted octanol–water partition coefficient (Wildman–Crippen LogP) is 1.92. The number of nitrogens with one attached hydrogen (secondary N) is 1. The molecule has 2 aromatic rings. The highest BCUT2D eigenvalue weighted by atomic mass is 32.2. The number of sulfonamides is 1.